The van der Waals surface area contributed by atoms with E-state index < -0.39 is 23.7 Å². The molecule has 4 atom stereocenters. The summed E-state index contributed by atoms with van der Waals surface area (Å²) in [5.41, 5.74) is 0.733. The summed E-state index contributed by atoms with van der Waals surface area (Å²) in [4.78, 5) is 54.2. The van der Waals surface area contributed by atoms with E-state index in [9.17, 15) is 29.4 Å². The smallest absolute Gasteiger partial charge is 0.237 e. The van der Waals surface area contributed by atoms with Gasteiger partial charge >= 0.3 is 0 Å². The summed E-state index contributed by atoms with van der Waals surface area (Å²) in [6, 6.07) is 11.6. The van der Waals surface area contributed by atoms with E-state index in [1.165, 1.54) is 48.5 Å². The molecule has 8 heteroatoms. The van der Waals surface area contributed by atoms with Gasteiger partial charge in [-0.05, 0) is 61.4 Å². The molecule has 1 saturated carbocycles. The third-order valence-corrected chi connectivity index (χ3v) is 6.35. The van der Waals surface area contributed by atoms with E-state index in [4.69, 9.17) is 0 Å². The van der Waals surface area contributed by atoms with Gasteiger partial charge in [0, 0.05) is 0 Å². The fourth-order valence-electron chi connectivity index (χ4n) is 4.89. The zero-order valence-corrected chi connectivity index (χ0v) is 15.8. The molecule has 3 fully saturated rings. The molecule has 0 aromatic heterocycles. The third kappa shape index (κ3) is 2.53. The summed E-state index contributed by atoms with van der Waals surface area (Å²) < 4.78 is 0. The molecule has 2 saturated heterocycles. The Kier molecular flexibility index (Phi) is 3.92. The van der Waals surface area contributed by atoms with Crippen LogP contribution in [-0.4, -0.2) is 33.8 Å². The number of carbonyl (C=O) groups is 4. The lowest BCUT2D eigenvalue weighted by atomic mass is 9.70. The molecule has 0 bridgehead atoms. The normalized spacial score (nSPS) is 28.1. The van der Waals surface area contributed by atoms with Crippen molar-refractivity contribution in [2.24, 2.45) is 23.7 Å². The highest BCUT2D eigenvalue weighted by molar-refractivity contribution is 6.25. The molecule has 2 heterocycles. The second-order valence-electron chi connectivity index (χ2n) is 7.95. The molecule has 2 N–H and O–H groups in total. The Bertz CT molecular complexity index is 950. The summed E-state index contributed by atoms with van der Waals surface area (Å²) in [6.07, 6.45) is 0.293. The summed E-state index contributed by atoms with van der Waals surface area (Å²) in [5, 5.41) is 18.9. The van der Waals surface area contributed by atoms with E-state index in [-0.39, 0.29) is 48.0 Å². The highest BCUT2D eigenvalue weighted by Gasteiger charge is 2.60. The average molecular weight is 406 g/mol. The van der Waals surface area contributed by atoms with Gasteiger partial charge in [0.25, 0.3) is 0 Å². The lowest BCUT2D eigenvalue weighted by molar-refractivity contribution is -0.129. The van der Waals surface area contributed by atoms with E-state index in [1.807, 2.05) is 0 Å². The zero-order valence-electron chi connectivity index (χ0n) is 15.8. The molecule has 30 heavy (non-hydrogen) atoms. The van der Waals surface area contributed by atoms with Gasteiger partial charge in [-0.2, -0.15) is 0 Å². The summed E-state index contributed by atoms with van der Waals surface area (Å²) in [5.74, 6) is -4.06. The maximum absolute atomic E-state index is 13.0. The number of rotatable bonds is 2. The average Bonchev–Trinajstić information content (AvgIpc) is 3.13. The number of imide groups is 2. The fourth-order valence-corrected chi connectivity index (χ4v) is 4.89. The van der Waals surface area contributed by atoms with Crippen LogP contribution < -0.4 is 9.80 Å². The molecule has 152 valence electrons. The van der Waals surface area contributed by atoms with Crippen molar-refractivity contribution in [2.45, 2.75) is 12.8 Å². The summed E-state index contributed by atoms with van der Waals surface area (Å²) in [7, 11) is 0. The number of phenolic OH excluding ortho intramolecular Hbond substituents is 2. The number of fused-ring (bicyclic) bond motifs is 2. The molecule has 2 aliphatic heterocycles. The largest absolute Gasteiger partial charge is 0.508 e. The minimum atomic E-state index is -0.649. The maximum Gasteiger partial charge on any atom is 0.237 e. The van der Waals surface area contributed by atoms with Crippen molar-refractivity contribution in [3.8, 4) is 11.5 Å². The lowest BCUT2D eigenvalue weighted by Gasteiger charge is -2.28. The molecule has 4 unspecified atom stereocenters. The first kappa shape index (κ1) is 18.4. The number of amides is 4. The van der Waals surface area contributed by atoms with Crippen LogP contribution in [0.15, 0.2) is 48.5 Å². The number of hydrogen-bond acceptors (Lipinski definition) is 6. The second kappa shape index (κ2) is 6.41. The summed E-state index contributed by atoms with van der Waals surface area (Å²) >= 11 is 0. The molecule has 2 aromatic carbocycles. The molecular formula is C22H18N2O6. The van der Waals surface area contributed by atoms with Gasteiger partial charge < -0.3 is 10.2 Å². The highest BCUT2D eigenvalue weighted by atomic mass is 16.3. The molecule has 3 aliphatic rings. The van der Waals surface area contributed by atoms with Crippen molar-refractivity contribution in [1.82, 2.24) is 0 Å². The Hall–Kier alpha value is -3.68. The molecular weight excluding hydrogens is 388 g/mol. The standard InChI is InChI=1S/C22H18N2O6/c25-13-5-1-11(2-6-13)23-19(27)15-9-17-18(10-16(15)20(23)28)22(30)24(21(17)29)12-3-7-14(26)8-4-12/h1-8,15-18,25-26H,9-10H2. The van der Waals surface area contributed by atoms with E-state index in [0.29, 0.717) is 11.4 Å². The van der Waals surface area contributed by atoms with Gasteiger partial charge in [-0.1, -0.05) is 0 Å². The SMILES string of the molecule is O=C1C2CC3C(=O)N(c4ccc(O)cc4)C(=O)C3CC2C(=O)N1c1ccc(O)cc1. The number of aromatic hydroxyl groups is 2. The van der Waals surface area contributed by atoms with Crippen LogP contribution in [0.4, 0.5) is 11.4 Å². The van der Waals surface area contributed by atoms with Gasteiger partial charge in [-0.15, -0.1) is 0 Å². The first-order valence-electron chi connectivity index (χ1n) is 9.70. The van der Waals surface area contributed by atoms with Crippen molar-refractivity contribution in [1.29, 1.82) is 0 Å². The maximum atomic E-state index is 13.0. The number of phenols is 2. The van der Waals surface area contributed by atoms with E-state index in [2.05, 4.69) is 0 Å². The Morgan fingerprint density at radius 1 is 0.533 bits per heavy atom. The van der Waals surface area contributed by atoms with E-state index in [1.54, 1.807) is 0 Å². The predicted octanol–water partition coefficient (Wildman–Crippen LogP) is 1.80. The second-order valence-corrected chi connectivity index (χ2v) is 7.95. The zero-order chi connectivity index (χ0) is 21.2. The molecule has 0 radical (unpaired) electrons. The van der Waals surface area contributed by atoms with E-state index >= 15 is 0 Å². The van der Waals surface area contributed by atoms with Crippen LogP contribution in [0.1, 0.15) is 12.8 Å². The van der Waals surface area contributed by atoms with Crippen molar-refractivity contribution < 1.29 is 29.4 Å². The minimum absolute atomic E-state index is 0.0234. The first-order valence-corrected chi connectivity index (χ1v) is 9.70. The van der Waals surface area contributed by atoms with Gasteiger partial charge in [-0.3, -0.25) is 29.0 Å². The molecule has 5 rings (SSSR count). The van der Waals surface area contributed by atoms with Crippen molar-refractivity contribution in [2.75, 3.05) is 9.80 Å². The Morgan fingerprint density at radius 2 is 0.800 bits per heavy atom. The molecule has 0 spiro atoms. The van der Waals surface area contributed by atoms with Gasteiger partial charge in [0.15, 0.2) is 0 Å². The van der Waals surface area contributed by atoms with Crippen LogP contribution >= 0.6 is 0 Å². The summed E-state index contributed by atoms with van der Waals surface area (Å²) in [6.45, 7) is 0. The van der Waals surface area contributed by atoms with Gasteiger partial charge in [0.2, 0.25) is 23.6 Å². The van der Waals surface area contributed by atoms with Crippen LogP contribution in [0, 0.1) is 23.7 Å². The van der Waals surface area contributed by atoms with E-state index in [0.717, 1.165) is 9.80 Å². The van der Waals surface area contributed by atoms with Crippen molar-refractivity contribution >= 4 is 35.0 Å². The van der Waals surface area contributed by atoms with Crippen LogP contribution in [-0.2, 0) is 19.2 Å². The van der Waals surface area contributed by atoms with Crippen LogP contribution in [0.3, 0.4) is 0 Å². The van der Waals surface area contributed by atoms with Crippen molar-refractivity contribution in [3.05, 3.63) is 48.5 Å². The predicted molar refractivity (Wildman–Crippen MR) is 104 cm³/mol. The number of hydrogen-bond donors (Lipinski definition) is 2. The first-order chi connectivity index (χ1) is 14.4. The Balaban J connectivity index is 1.44. The molecule has 8 nitrogen and oxygen atoms in total. The van der Waals surface area contributed by atoms with Gasteiger partial charge in [-0.25, -0.2) is 0 Å². The van der Waals surface area contributed by atoms with Gasteiger partial charge in [0.05, 0.1) is 35.0 Å². The number of carbonyl (C=O) groups excluding carboxylic acids is 4. The fraction of sp³-hybridized carbons (Fsp3) is 0.273. The molecule has 1 aliphatic carbocycles. The molecule has 2 aromatic rings. The number of benzene rings is 2. The third-order valence-electron chi connectivity index (χ3n) is 6.35. The number of anilines is 2. The topological polar surface area (TPSA) is 115 Å². The van der Waals surface area contributed by atoms with Crippen LogP contribution in [0.25, 0.3) is 0 Å². The minimum Gasteiger partial charge on any atom is -0.508 e. The Morgan fingerprint density at radius 3 is 1.07 bits per heavy atom. The Labute approximate surface area is 171 Å². The molecule has 4 amide bonds. The van der Waals surface area contributed by atoms with Crippen LogP contribution in [0.5, 0.6) is 11.5 Å². The monoisotopic (exact) mass is 406 g/mol. The number of nitrogens with zero attached hydrogens (tertiary/aromatic N) is 2. The van der Waals surface area contributed by atoms with Gasteiger partial charge in [0.1, 0.15) is 11.5 Å². The highest BCUT2D eigenvalue weighted by Crippen LogP contribution is 2.49. The van der Waals surface area contributed by atoms with Crippen LogP contribution in [0.2, 0.25) is 0 Å². The quantitative estimate of drug-likeness (QED) is 0.735. The van der Waals surface area contributed by atoms with Crippen molar-refractivity contribution in [3.63, 3.8) is 0 Å². The lowest BCUT2D eigenvalue weighted by Crippen LogP contribution is -2.35.